The maximum Gasteiger partial charge on any atom is 0.417 e. The van der Waals surface area contributed by atoms with Gasteiger partial charge in [-0.15, -0.1) is 0 Å². The average molecular weight is 269 g/mol. The number of carbonyl (C=O) groups excluding carboxylic acids is 1. The molecule has 1 aliphatic heterocycles. The summed E-state index contributed by atoms with van der Waals surface area (Å²) in [5, 5.41) is 14.1. The number of hydrogen-bond donors (Lipinski definition) is 2. The lowest BCUT2D eigenvalue weighted by molar-refractivity contribution is -0.137. The number of anilines is 1. The second kappa shape index (κ2) is 4.80. The van der Waals surface area contributed by atoms with Crippen LogP contribution in [-0.2, 0) is 11.0 Å². The van der Waals surface area contributed by atoms with Crippen LogP contribution in [0.3, 0.4) is 0 Å². The fourth-order valence-corrected chi connectivity index (χ4v) is 1.91. The average Bonchev–Trinajstić information content (AvgIpc) is 2.73. The zero-order valence-electron chi connectivity index (χ0n) is 9.71. The van der Waals surface area contributed by atoms with E-state index in [1.165, 1.54) is 12.1 Å². The van der Waals surface area contributed by atoms with Gasteiger partial charge in [0.1, 0.15) is 0 Å². The van der Waals surface area contributed by atoms with Gasteiger partial charge in [0, 0.05) is 18.7 Å². The maximum atomic E-state index is 12.7. The Morgan fingerprint density at radius 2 is 2.16 bits per heavy atom. The Kier molecular flexibility index (Phi) is 3.34. The molecule has 100 valence electrons. The predicted molar refractivity (Wildman–Crippen MR) is 61.2 cm³/mol. The first kappa shape index (κ1) is 13.2. The van der Waals surface area contributed by atoms with Crippen molar-refractivity contribution >= 4 is 11.6 Å². The minimum absolute atomic E-state index is 0.137. The third-order valence-corrected chi connectivity index (χ3v) is 2.79. The molecule has 1 amide bonds. The quantitative estimate of drug-likeness (QED) is 0.861. The molecular weight excluding hydrogens is 259 g/mol. The summed E-state index contributed by atoms with van der Waals surface area (Å²) >= 11 is 0. The fourth-order valence-electron chi connectivity index (χ4n) is 1.91. The van der Waals surface area contributed by atoms with E-state index in [0.29, 0.717) is 6.54 Å². The minimum atomic E-state index is -4.58. The van der Waals surface area contributed by atoms with Gasteiger partial charge in [-0.1, -0.05) is 0 Å². The molecule has 7 heteroatoms. The van der Waals surface area contributed by atoms with Crippen molar-refractivity contribution in [2.75, 3.05) is 11.9 Å². The molecule has 1 heterocycles. The van der Waals surface area contributed by atoms with Crippen molar-refractivity contribution in [3.8, 4) is 6.07 Å². The highest BCUT2D eigenvalue weighted by molar-refractivity contribution is 5.79. The van der Waals surface area contributed by atoms with Crippen LogP contribution in [0.2, 0.25) is 0 Å². The molecule has 0 aliphatic carbocycles. The van der Waals surface area contributed by atoms with Crippen LogP contribution in [0, 0.1) is 11.3 Å². The summed E-state index contributed by atoms with van der Waals surface area (Å²) in [6.45, 7) is 0.375. The number of benzene rings is 1. The number of hydrogen-bond acceptors (Lipinski definition) is 3. The molecule has 1 aromatic carbocycles. The Hall–Kier alpha value is -2.23. The molecule has 0 saturated carbocycles. The summed E-state index contributed by atoms with van der Waals surface area (Å²) in [4.78, 5) is 11.0. The van der Waals surface area contributed by atoms with Crippen molar-refractivity contribution in [2.45, 2.75) is 18.6 Å². The van der Waals surface area contributed by atoms with Gasteiger partial charge in [-0.3, -0.25) is 4.79 Å². The molecule has 0 radical (unpaired) electrons. The van der Waals surface area contributed by atoms with Crippen molar-refractivity contribution in [2.24, 2.45) is 0 Å². The highest BCUT2D eigenvalue weighted by Crippen LogP contribution is 2.33. The monoisotopic (exact) mass is 269 g/mol. The summed E-state index contributed by atoms with van der Waals surface area (Å²) in [7, 11) is 0. The molecule has 1 aliphatic rings. The van der Waals surface area contributed by atoms with E-state index in [-0.39, 0.29) is 24.1 Å². The van der Waals surface area contributed by atoms with E-state index >= 15 is 0 Å². The van der Waals surface area contributed by atoms with E-state index in [1.807, 2.05) is 0 Å². The number of nitriles is 1. The van der Waals surface area contributed by atoms with E-state index in [4.69, 9.17) is 5.26 Å². The molecule has 19 heavy (non-hydrogen) atoms. The molecule has 1 atom stereocenters. The molecule has 0 bridgehead atoms. The van der Waals surface area contributed by atoms with E-state index in [9.17, 15) is 18.0 Å². The van der Waals surface area contributed by atoms with Gasteiger partial charge >= 0.3 is 6.18 Å². The Bertz CT molecular complexity index is 548. The van der Waals surface area contributed by atoms with Crippen LogP contribution in [0.1, 0.15) is 17.5 Å². The number of carbonyl (C=O) groups is 1. The maximum absolute atomic E-state index is 12.7. The topological polar surface area (TPSA) is 64.9 Å². The van der Waals surface area contributed by atoms with Gasteiger partial charge < -0.3 is 10.6 Å². The highest BCUT2D eigenvalue weighted by atomic mass is 19.4. The van der Waals surface area contributed by atoms with Crippen LogP contribution in [0.25, 0.3) is 0 Å². The predicted octanol–water partition coefficient (Wildman–Crippen LogP) is 1.88. The van der Waals surface area contributed by atoms with Crippen LogP contribution in [0.5, 0.6) is 0 Å². The first-order chi connectivity index (χ1) is 8.90. The van der Waals surface area contributed by atoms with Crippen molar-refractivity contribution in [1.82, 2.24) is 5.32 Å². The first-order valence-corrected chi connectivity index (χ1v) is 5.54. The smallest absolute Gasteiger partial charge is 0.380 e. The molecule has 0 spiro atoms. The largest absolute Gasteiger partial charge is 0.417 e. The number of nitrogens with zero attached hydrogens (tertiary/aromatic N) is 1. The SMILES string of the molecule is N#Cc1ccc(NC2CNC(=O)C2)cc1C(F)(F)F. The molecular formula is C12H10F3N3O. The molecule has 0 aromatic heterocycles. The number of nitrogens with one attached hydrogen (secondary N) is 2. The highest BCUT2D eigenvalue weighted by Gasteiger charge is 2.34. The normalized spacial score (nSPS) is 18.8. The van der Waals surface area contributed by atoms with Crippen molar-refractivity contribution in [3.63, 3.8) is 0 Å². The minimum Gasteiger partial charge on any atom is -0.380 e. The Morgan fingerprint density at radius 3 is 2.68 bits per heavy atom. The second-order valence-corrected chi connectivity index (χ2v) is 4.22. The lowest BCUT2D eigenvalue weighted by Gasteiger charge is -2.15. The number of alkyl halides is 3. The Labute approximate surface area is 107 Å². The van der Waals surface area contributed by atoms with E-state index in [1.54, 1.807) is 0 Å². The van der Waals surface area contributed by atoms with Crippen LogP contribution >= 0.6 is 0 Å². The molecule has 1 saturated heterocycles. The van der Waals surface area contributed by atoms with Gasteiger partial charge in [0.25, 0.3) is 0 Å². The zero-order valence-corrected chi connectivity index (χ0v) is 9.71. The number of halogens is 3. The number of rotatable bonds is 2. The van der Waals surface area contributed by atoms with Crippen molar-refractivity contribution in [3.05, 3.63) is 29.3 Å². The van der Waals surface area contributed by atoms with Crippen LogP contribution < -0.4 is 10.6 Å². The Morgan fingerprint density at radius 1 is 1.42 bits per heavy atom. The summed E-state index contributed by atoms with van der Waals surface area (Å²) < 4.78 is 38.2. The third kappa shape index (κ3) is 2.96. The summed E-state index contributed by atoms with van der Waals surface area (Å²) in [5.74, 6) is -0.137. The summed E-state index contributed by atoms with van der Waals surface area (Å²) in [6.07, 6.45) is -4.35. The molecule has 2 rings (SSSR count). The van der Waals surface area contributed by atoms with E-state index in [0.717, 1.165) is 12.1 Å². The van der Waals surface area contributed by atoms with Gasteiger partial charge in [0.2, 0.25) is 5.91 Å². The van der Waals surface area contributed by atoms with Gasteiger partial charge in [-0.2, -0.15) is 18.4 Å². The molecule has 2 N–H and O–H groups in total. The van der Waals surface area contributed by atoms with Gasteiger partial charge in [0.15, 0.2) is 0 Å². The van der Waals surface area contributed by atoms with Gasteiger partial charge in [0.05, 0.1) is 23.2 Å². The van der Waals surface area contributed by atoms with Crippen molar-refractivity contribution in [1.29, 1.82) is 5.26 Å². The lowest BCUT2D eigenvalue weighted by Crippen LogP contribution is -2.22. The van der Waals surface area contributed by atoms with Gasteiger partial charge in [-0.05, 0) is 18.2 Å². The second-order valence-electron chi connectivity index (χ2n) is 4.22. The molecule has 1 aromatic rings. The Balaban J connectivity index is 2.24. The number of amides is 1. The van der Waals surface area contributed by atoms with Crippen LogP contribution in [-0.4, -0.2) is 18.5 Å². The molecule has 1 fully saturated rings. The first-order valence-electron chi connectivity index (χ1n) is 5.54. The van der Waals surface area contributed by atoms with Crippen LogP contribution in [0.15, 0.2) is 18.2 Å². The van der Waals surface area contributed by atoms with E-state index < -0.39 is 17.3 Å². The van der Waals surface area contributed by atoms with E-state index in [2.05, 4.69) is 10.6 Å². The molecule has 4 nitrogen and oxygen atoms in total. The fraction of sp³-hybridized carbons (Fsp3) is 0.333. The third-order valence-electron chi connectivity index (χ3n) is 2.79. The van der Waals surface area contributed by atoms with Crippen molar-refractivity contribution < 1.29 is 18.0 Å². The lowest BCUT2D eigenvalue weighted by atomic mass is 10.1. The summed E-state index contributed by atoms with van der Waals surface area (Å²) in [6, 6.07) is 4.69. The van der Waals surface area contributed by atoms with Crippen LogP contribution in [0.4, 0.5) is 18.9 Å². The zero-order chi connectivity index (χ0) is 14.0. The standard InChI is InChI=1S/C12H10F3N3O/c13-12(14,15)10-3-8(2-1-7(10)5-16)18-9-4-11(19)17-6-9/h1-3,9,18H,4,6H2,(H,17,19). The summed E-state index contributed by atoms with van der Waals surface area (Å²) in [5.41, 5.74) is -1.15. The van der Waals surface area contributed by atoms with Gasteiger partial charge in [-0.25, -0.2) is 0 Å². The molecule has 1 unspecified atom stereocenters.